The average molecular weight is 512 g/mol. The first kappa shape index (κ1) is 31.9. The Morgan fingerprint density at radius 3 is 1.06 bits per heavy atom. The van der Waals surface area contributed by atoms with Crippen molar-refractivity contribution in [1.82, 2.24) is 0 Å². The van der Waals surface area contributed by atoms with Gasteiger partial charge in [0.2, 0.25) is 5.91 Å². The van der Waals surface area contributed by atoms with Gasteiger partial charge in [-0.2, -0.15) is 0 Å². The summed E-state index contributed by atoms with van der Waals surface area (Å²) in [7, 11) is 0. The van der Waals surface area contributed by atoms with E-state index in [9.17, 15) is 19.2 Å². The standard InChI is InChI=1S/C14H25NO3.C14H24O4/c2*1-13(2,3)10-4-6-14(7-5-10,8-11(15)16)9-12(17)18/h10H,4-9H2,1-3H3,(H2,15,16)(H,17,18);10H,4-9H2,1-3H3,(H,15,16)(H,17,18). The molecule has 0 saturated heterocycles. The molecule has 0 aromatic carbocycles. The lowest BCUT2D eigenvalue weighted by atomic mass is 9.62. The molecule has 0 heterocycles. The predicted octanol–water partition coefficient (Wildman–Crippen LogP) is 5.72. The number of carboxylic acids is 3. The van der Waals surface area contributed by atoms with Gasteiger partial charge in [0.15, 0.2) is 0 Å². The number of nitrogens with two attached hydrogens (primary N) is 1. The van der Waals surface area contributed by atoms with Gasteiger partial charge < -0.3 is 21.1 Å². The van der Waals surface area contributed by atoms with Crippen LogP contribution in [0.15, 0.2) is 0 Å². The van der Waals surface area contributed by atoms with Gasteiger partial charge in [0.25, 0.3) is 0 Å². The first-order valence-electron chi connectivity index (χ1n) is 13.2. The van der Waals surface area contributed by atoms with Crippen molar-refractivity contribution in [3.8, 4) is 0 Å². The molecule has 0 aromatic heterocycles. The highest BCUT2D eigenvalue weighted by molar-refractivity contribution is 5.76. The second kappa shape index (κ2) is 12.4. The van der Waals surface area contributed by atoms with Gasteiger partial charge in [-0.25, -0.2) is 0 Å². The molecule has 2 fully saturated rings. The molecule has 0 unspecified atom stereocenters. The van der Waals surface area contributed by atoms with Gasteiger partial charge in [-0.15, -0.1) is 0 Å². The topological polar surface area (TPSA) is 155 Å². The van der Waals surface area contributed by atoms with E-state index in [0.29, 0.717) is 24.7 Å². The van der Waals surface area contributed by atoms with E-state index in [4.69, 9.17) is 21.1 Å². The van der Waals surface area contributed by atoms with E-state index >= 15 is 0 Å². The van der Waals surface area contributed by atoms with Crippen LogP contribution in [0.5, 0.6) is 0 Å². The normalized spacial score (nSPS) is 24.8. The molecule has 0 aromatic rings. The summed E-state index contributed by atoms with van der Waals surface area (Å²) in [6.07, 6.45) is 7.10. The number of carbonyl (C=O) groups excluding carboxylic acids is 1. The zero-order chi connectivity index (χ0) is 27.9. The van der Waals surface area contributed by atoms with Gasteiger partial charge in [-0.05, 0) is 84.9 Å². The van der Waals surface area contributed by atoms with Crippen molar-refractivity contribution < 1.29 is 34.5 Å². The summed E-state index contributed by atoms with van der Waals surface area (Å²) in [4.78, 5) is 44.0. The van der Waals surface area contributed by atoms with E-state index in [1.807, 2.05) is 0 Å². The van der Waals surface area contributed by atoms with Gasteiger partial charge in [-0.3, -0.25) is 19.2 Å². The molecule has 0 aliphatic heterocycles. The lowest BCUT2D eigenvalue weighted by molar-refractivity contribution is -0.146. The summed E-state index contributed by atoms with van der Waals surface area (Å²) >= 11 is 0. The number of amides is 1. The Morgan fingerprint density at radius 1 is 0.611 bits per heavy atom. The zero-order valence-electron chi connectivity index (χ0n) is 23.2. The van der Waals surface area contributed by atoms with Crippen LogP contribution in [0.3, 0.4) is 0 Å². The third kappa shape index (κ3) is 10.5. The highest BCUT2D eigenvalue weighted by Gasteiger charge is 2.42. The number of rotatable bonds is 8. The highest BCUT2D eigenvalue weighted by Crippen LogP contribution is 2.50. The zero-order valence-corrected chi connectivity index (χ0v) is 23.2. The molecule has 1 amide bonds. The van der Waals surface area contributed by atoms with Gasteiger partial charge in [-0.1, -0.05) is 41.5 Å². The molecule has 0 atom stereocenters. The van der Waals surface area contributed by atoms with Crippen molar-refractivity contribution >= 4 is 23.8 Å². The molecule has 0 spiro atoms. The third-order valence-electron chi connectivity index (χ3n) is 8.67. The fourth-order valence-electron chi connectivity index (χ4n) is 6.36. The molecule has 8 heteroatoms. The van der Waals surface area contributed by atoms with E-state index in [1.54, 1.807) is 0 Å². The van der Waals surface area contributed by atoms with Crippen molar-refractivity contribution in [3.63, 3.8) is 0 Å². The molecule has 2 aliphatic carbocycles. The Hall–Kier alpha value is -2.12. The summed E-state index contributed by atoms with van der Waals surface area (Å²) in [5, 5.41) is 27.0. The Labute approximate surface area is 216 Å². The van der Waals surface area contributed by atoms with Gasteiger partial charge in [0, 0.05) is 6.42 Å². The molecule has 36 heavy (non-hydrogen) atoms. The van der Waals surface area contributed by atoms with Crippen molar-refractivity contribution in [2.24, 2.45) is 39.2 Å². The lowest BCUT2D eigenvalue weighted by Crippen LogP contribution is -2.37. The smallest absolute Gasteiger partial charge is 0.303 e. The van der Waals surface area contributed by atoms with E-state index < -0.39 is 28.7 Å². The molecule has 0 bridgehead atoms. The van der Waals surface area contributed by atoms with Crippen molar-refractivity contribution in [2.75, 3.05) is 0 Å². The van der Waals surface area contributed by atoms with Crippen LogP contribution < -0.4 is 5.73 Å². The Balaban J connectivity index is 0.000000360. The maximum absolute atomic E-state index is 11.2. The van der Waals surface area contributed by atoms with Crippen LogP contribution in [0.25, 0.3) is 0 Å². The lowest BCUT2D eigenvalue weighted by Gasteiger charge is -2.43. The minimum Gasteiger partial charge on any atom is -0.481 e. The molecular weight excluding hydrogens is 462 g/mol. The molecule has 0 radical (unpaired) electrons. The highest BCUT2D eigenvalue weighted by atomic mass is 16.4. The molecule has 2 rings (SSSR count). The molecule has 2 saturated carbocycles. The van der Waals surface area contributed by atoms with Gasteiger partial charge in [0.1, 0.15) is 0 Å². The monoisotopic (exact) mass is 511 g/mol. The summed E-state index contributed by atoms with van der Waals surface area (Å²) in [6.45, 7) is 13.2. The second-order valence-corrected chi connectivity index (χ2v) is 13.6. The first-order valence-corrected chi connectivity index (χ1v) is 13.2. The molecule has 208 valence electrons. The van der Waals surface area contributed by atoms with E-state index in [-0.39, 0.29) is 42.4 Å². The quantitative estimate of drug-likeness (QED) is 0.325. The molecule has 5 N–H and O–H groups in total. The molecule has 2 aliphatic rings. The SMILES string of the molecule is CC(C)(C)C1CCC(CC(=O)O)(CC(=O)O)CC1.CC(C)(C)C1CCC(CC(N)=O)(CC(=O)O)CC1. The summed E-state index contributed by atoms with van der Waals surface area (Å²) in [6, 6.07) is 0. The fraction of sp³-hybridized carbons (Fsp3) is 0.857. The van der Waals surface area contributed by atoms with Crippen molar-refractivity contribution in [3.05, 3.63) is 0 Å². The van der Waals surface area contributed by atoms with Crippen LogP contribution in [0.4, 0.5) is 0 Å². The number of hydrogen-bond acceptors (Lipinski definition) is 4. The second-order valence-electron chi connectivity index (χ2n) is 13.6. The van der Waals surface area contributed by atoms with Crippen LogP contribution in [-0.2, 0) is 19.2 Å². The third-order valence-corrected chi connectivity index (χ3v) is 8.67. The average Bonchev–Trinajstić information content (AvgIpc) is 2.65. The summed E-state index contributed by atoms with van der Waals surface area (Å²) in [5.41, 5.74) is 4.81. The van der Waals surface area contributed by atoms with Crippen LogP contribution in [0.1, 0.15) is 119 Å². The minimum atomic E-state index is -0.884. The number of carbonyl (C=O) groups is 4. The van der Waals surface area contributed by atoms with Crippen LogP contribution in [0.2, 0.25) is 0 Å². The van der Waals surface area contributed by atoms with Crippen LogP contribution in [-0.4, -0.2) is 39.1 Å². The minimum absolute atomic E-state index is 0.0177. The number of primary amides is 1. The summed E-state index contributed by atoms with van der Waals surface area (Å²) < 4.78 is 0. The predicted molar refractivity (Wildman–Crippen MR) is 138 cm³/mol. The van der Waals surface area contributed by atoms with Crippen LogP contribution >= 0.6 is 0 Å². The van der Waals surface area contributed by atoms with Crippen molar-refractivity contribution in [2.45, 2.75) is 119 Å². The van der Waals surface area contributed by atoms with Gasteiger partial charge in [0.05, 0.1) is 19.3 Å². The van der Waals surface area contributed by atoms with E-state index in [0.717, 1.165) is 38.5 Å². The molecular formula is C28H49NO7. The van der Waals surface area contributed by atoms with E-state index in [2.05, 4.69) is 41.5 Å². The van der Waals surface area contributed by atoms with Crippen LogP contribution in [0, 0.1) is 33.5 Å². The number of carboxylic acid groups (broad SMARTS) is 3. The van der Waals surface area contributed by atoms with Crippen molar-refractivity contribution in [1.29, 1.82) is 0 Å². The largest absolute Gasteiger partial charge is 0.481 e. The van der Waals surface area contributed by atoms with E-state index in [1.165, 1.54) is 0 Å². The Kier molecular flexibility index (Phi) is 11.0. The number of hydrogen-bond donors (Lipinski definition) is 4. The van der Waals surface area contributed by atoms with Gasteiger partial charge >= 0.3 is 17.9 Å². The maximum atomic E-state index is 11.2. The Morgan fingerprint density at radius 2 is 0.861 bits per heavy atom. The Bertz CT molecular complexity index is 673. The molecule has 8 nitrogen and oxygen atoms in total. The first-order chi connectivity index (χ1) is 16.3. The summed E-state index contributed by atoms with van der Waals surface area (Å²) in [5.74, 6) is -1.81. The fourth-order valence-corrected chi connectivity index (χ4v) is 6.36. The maximum Gasteiger partial charge on any atom is 0.303 e. The number of aliphatic carboxylic acids is 3.